The van der Waals surface area contributed by atoms with Crippen molar-refractivity contribution in [1.82, 2.24) is 0 Å². The van der Waals surface area contributed by atoms with Crippen molar-refractivity contribution in [2.45, 2.75) is 39.5 Å². The maximum Gasteiger partial charge on any atom is 0.136 e. The number of carbonyl (C=O) groups excluding carboxylic acids is 1. The molecule has 0 aromatic rings. The molecule has 1 saturated heterocycles. The first kappa shape index (κ1) is 10.7. The average Bonchev–Trinajstić information content (AvgIpc) is 2.59. The van der Waals surface area contributed by atoms with E-state index >= 15 is 0 Å². The predicted octanol–water partition coefficient (Wildman–Crippen LogP) is 2.42. The van der Waals surface area contributed by atoms with Crippen LogP contribution in [0.4, 0.5) is 0 Å². The number of hydrogen-bond acceptors (Lipinski definition) is 2. The third-order valence-corrected chi connectivity index (χ3v) is 2.95. The lowest BCUT2D eigenvalue weighted by molar-refractivity contribution is -0.124. The molecule has 0 radical (unpaired) electrons. The summed E-state index contributed by atoms with van der Waals surface area (Å²) in [6.45, 7) is 5.83. The highest BCUT2D eigenvalue weighted by Crippen LogP contribution is 2.21. The molecule has 1 aliphatic heterocycles. The second-order valence-corrected chi connectivity index (χ2v) is 3.91. The molecule has 1 heterocycles. The van der Waals surface area contributed by atoms with Crippen molar-refractivity contribution >= 4 is 5.78 Å². The van der Waals surface area contributed by atoms with E-state index in [-0.39, 0.29) is 0 Å². The molecule has 2 heteroatoms. The average molecular weight is 184 g/mol. The Kier molecular flexibility index (Phi) is 4.43. The smallest absolute Gasteiger partial charge is 0.136 e. The fourth-order valence-electron chi connectivity index (χ4n) is 1.94. The molecule has 0 N–H and O–H groups in total. The zero-order valence-corrected chi connectivity index (χ0v) is 8.71. The Morgan fingerprint density at radius 1 is 1.46 bits per heavy atom. The number of ketones is 1. The molecule has 0 aliphatic carbocycles. The molecule has 0 bridgehead atoms. The second-order valence-electron chi connectivity index (χ2n) is 3.91. The molecule has 0 spiro atoms. The summed E-state index contributed by atoms with van der Waals surface area (Å²) in [6.07, 6.45) is 3.80. The zero-order valence-electron chi connectivity index (χ0n) is 8.71. The number of ether oxygens (including phenoxy) is 1. The summed E-state index contributed by atoms with van der Waals surface area (Å²) < 4.78 is 5.25. The van der Waals surface area contributed by atoms with Crippen LogP contribution >= 0.6 is 0 Å². The maximum absolute atomic E-state index is 11.7. The van der Waals surface area contributed by atoms with Crippen molar-refractivity contribution in [3.8, 4) is 0 Å². The van der Waals surface area contributed by atoms with Crippen LogP contribution in [0, 0.1) is 11.8 Å². The van der Waals surface area contributed by atoms with Gasteiger partial charge in [0.15, 0.2) is 0 Å². The van der Waals surface area contributed by atoms with E-state index in [0.717, 1.165) is 38.9 Å². The number of carbonyl (C=O) groups is 1. The van der Waals surface area contributed by atoms with Crippen LogP contribution in [0.1, 0.15) is 39.5 Å². The van der Waals surface area contributed by atoms with Gasteiger partial charge in [-0.15, -0.1) is 0 Å². The molecular weight excluding hydrogens is 164 g/mol. The minimum atomic E-state index is 0.292. The highest BCUT2D eigenvalue weighted by Gasteiger charge is 2.22. The van der Waals surface area contributed by atoms with Gasteiger partial charge in [-0.2, -0.15) is 0 Å². The van der Waals surface area contributed by atoms with Gasteiger partial charge in [-0.3, -0.25) is 4.79 Å². The summed E-state index contributed by atoms with van der Waals surface area (Å²) in [7, 11) is 0. The standard InChI is InChI=1S/C11H20O2/c1-3-10(4-2)11(12)7-9-5-6-13-8-9/h9-10H,3-8H2,1-2H3. The Bertz CT molecular complexity index is 155. The van der Waals surface area contributed by atoms with Crippen molar-refractivity contribution < 1.29 is 9.53 Å². The van der Waals surface area contributed by atoms with Gasteiger partial charge < -0.3 is 4.74 Å². The SMILES string of the molecule is CCC(CC)C(=O)CC1CCOC1. The Morgan fingerprint density at radius 3 is 2.62 bits per heavy atom. The fraction of sp³-hybridized carbons (Fsp3) is 0.909. The Hall–Kier alpha value is -0.370. The van der Waals surface area contributed by atoms with Crippen LogP contribution < -0.4 is 0 Å². The molecule has 76 valence electrons. The van der Waals surface area contributed by atoms with Crippen LogP contribution in [-0.2, 0) is 9.53 Å². The quantitative estimate of drug-likeness (QED) is 0.656. The molecule has 0 amide bonds. The van der Waals surface area contributed by atoms with Crippen LogP contribution in [0.15, 0.2) is 0 Å². The lowest BCUT2D eigenvalue weighted by Crippen LogP contribution is -2.17. The van der Waals surface area contributed by atoms with Crippen LogP contribution in [0.2, 0.25) is 0 Å². The highest BCUT2D eigenvalue weighted by molar-refractivity contribution is 5.81. The van der Waals surface area contributed by atoms with Gasteiger partial charge in [0.1, 0.15) is 5.78 Å². The fourth-order valence-corrected chi connectivity index (χ4v) is 1.94. The van der Waals surface area contributed by atoms with Gasteiger partial charge >= 0.3 is 0 Å². The van der Waals surface area contributed by atoms with Crippen molar-refractivity contribution in [1.29, 1.82) is 0 Å². The van der Waals surface area contributed by atoms with E-state index < -0.39 is 0 Å². The molecule has 1 unspecified atom stereocenters. The molecule has 0 aromatic heterocycles. The lowest BCUT2D eigenvalue weighted by Gasteiger charge is -2.13. The largest absolute Gasteiger partial charge is 0.381 e. The second kappa shape index (κ2) is 5.38. The first-order chi connectivity index (χ1) is 6.27. The molecule has 1 aliphatic rings. The summed E-state index contributed by atoms with van der Waals surface area (Å²) in [6, 6.07) is 0. The summed E-state index contributed by atoms with van der Waals surface area (Å²) in [4.78, 5) is 11.7. The zero-order chi connectivity index (χ0) is 9.68. The number of Topliss-reactive ketones (excluding diaryl/α,β-unsaturated/α-hetero) is 1. The van der Waals surface area contributed by atoms with Crippen molar-refractivity contribution in [2.75, 3.05) is 13.2 Å². The monoisotopic (exact) mass is 184 g/mol. The van der Waals surface area contributed by atoms with E-state index in [1.165, 1.54) is 0 Å². The van der Waals surface area contributed by atoms with Gasteiger partial charge in [0, 0.05) is 25.6 Å². The summed E-state index contributed by atoms with van der Waals surface area (Å²) in [5.41, 5.74) is 0. The summed E-state index contributed by atoms with van der Waals surface area (Å²) >= 11 is 0. The van der Waals surface area contributed by atoms with E-state index in [1.54, 1.807) is 0 Å². The molecular formula is C11H20O2. The molecule has 0 saturated carbocycles. The summed E-state index contributed by atoms with van der Waals surface area (Å²) in [5, 5.41) is 0. The molecule has 2 nitrogen and oxygen atoms in total. The normalized spacial score (nSPS) is 22.5. The maximum atomic E-state index is 11.7. The Balaban J connectivity index is 2.29. The van der Waals surface area contributed by atoms with Crippen molar-refractivity contribution in [3.05, 3.63) is 0 Å². The third-order valence-electron chi connectivity index (χ3n) is 2.95. The van der Waals surface area contributed by atoms with Crippen LogP contribution in [0.5, 0.6) is 0 Å². The molecule has 1 fully saturated rings. The van der Waals surface area contributed by atoms with E-state index in [0.29, 0.717) is 17.6 Å². The summed E-state index contributed by atoms with van der Waals surface area (Å²) in [5.74, 6) is 1.24. The Labute approximate surface area is 80.7 Å². The van der Waals surface area contributed by atoms with Crippen LogP contribution in [-0.4, -0.2) is 19.0 Å². The molecule has 0 aromatic carbocycles. The first-order valence-electron chi connectivity index (χ1n) is 5.38. The Morgan fingerprint density at radius 2 is 2.15 bits per heavy atom. The van der Waals surface area contributed by atoms with Crippen LogP contribution in [0.3, 0.4) is 0 Å². The van der Waals surface area contributed by atoms with Gasteiger partial charge in [0.25, 0.3) is 0 Å². The van der Waals surface area contributed by atoms with E-state index in [2.05, 4.69) is 13.8 Å². The third kappa shape index (κ3) is 3.11. The number of rotatable bonds is 5. The van der Waals surface area contributed by atoms with Crippen molar-refractivity contribution in [2.24, 2.45) is 11.8 Å². The predicted molar refractivity (Wildman–Crippen MR) is 52.6 cm³/mol. The molecule has 1 atom stereocenters. The molecule has 1 rings (SSSR count). The number of hydrogen-bond donors (Lipinski definition) is 0. The minimum absolute atomic E-state index is 0.292. The van der Waals surface area contributed by atoms with E-state index in [4.69, 9.17) is 4.74 Å². The topological polar surface area (TPSA) is 26.3 Å². The van der Waals surface area contributed by atoms with Gasteiger partial charge in [0.2, 0.25) is 0 Å². The lowest BCUT2D eigenvalue weighted by atomic mass is 9.90. The van der Waals surface area contributed by atoms with Gasteiger partial charge in [-0.25, -0.2) is 0 Å². The van der Waals surface area contributed by atoms with Gasteiger partial charge in [0.05, 0.1) is 0 Å². The van der Waals surface area contributed by atoms with Crippen LogP contribution in [0.25, 0.3) is 0 Å². The van der Waals surface area contributed by atoms with Gasteiger partial charge in [-0.05, 0) is 25.2 Å². The van der Waals surface area contributed by atoms with Crippen molar-refractivity contribution in [3.63, 3.8) is 0 Å². The van der Waals surface area contributed by atoms with E-state index in [1.807, 2.05) is 0 Å². The highest BCUT2D eigenvalue weighted by atomic mass is 16.5. The molecule has 13 heavy (non-hydrogen) atoms. The minimum Gasteiger partial charge on any atom is -0.381 e. The van der Waals surface area contributed by atoms with E-state index in [9.17, 15) is 4.79 Å². The van der Waals surface area contributed by atoms with Gasteiger partial charge in [-0.1, -0.05) is 13.8 Å². The first-order valence-corrected chi connectivity index (χ1v) is 5.38.